The third-order valence-electron chi connectivity index (χ3n) is 3.66. The molecule has 0 aliphatic rings. The molecule has 1 aromatic carbocycles. The van der Waals surface area contributed by atoms with E-state index in [9.17, 15) is 17.6 Å². The van der Waals surface area contributed by atoms with Crippen LogP contribution in [0.25, 0.3) is 11.3 Å². The van der Waals surface area contributed by atoms with Crippen LogP contribution >= 0.6 is 11.3 Å². The second-order valence-corrected chi connectivity index (χ2v) is 8.70. The van der Waals surface area contributed by atoms with E-state index in [-0.39, 0.29) is 10.6 Å². The van der Waals surface area contributed by atoms with Crippen molar-refractivity contribution in [1.29, 1.82) is 0 Å². The summed E-state index contributed by atoms with van der Waals surface area (Å²) in [6, 6.07) is 8.68. The smallest absolute Gasteiger partial charge is 0.265 e. The Kier molecular flexibility index (Phi) is 4.88. The molecule has 0 radical (unpaired) electrons. The number of nitrogens with zero attached hydrogens (tertiary/aromatic N) is 1. The molecular formula is C18H15FN2O3S2. The zero-order valence-electron chi connectivity index (χ0n) is 14.0. The quantitative estimate of drug-likeness (QED) is 0.733. The first-order valence-corrected chi connectivity index (χ1v) is 10.3. The standard InChI is InChI=1S/C18H15FN2O3S2/c1-11-4-3-5-20-17(11)12-6-16(25-10-12)18(22)21-14-7-13(19)8-15(9-14)26(2,23)24/h3-10H,1-2H3,(H,21,22). The first kappa shape index (κ1) is 18.2. The van der Waals surface area contributed by atoms with E-state index in [0.29, 0.717) is 4.88 Å². The molecule has 0 aliphatic carbocycles. The van der Waals surface area contributed by atoms with Crippen LogP contribution in [0.4, 0.5) is 10.1 Å². The molecule has 0 unspecified atom stereocenters. The monoisotopic (exact) mass is 390 g/mol. The number of hydrogen-bond donors (Lipinski definition) is 1. The summed E-state index contributed by atoms with van der Waals surface area (Å²) in [6.07, 6.45) is 2.66. The number of sulfone groups is 1. The van der Waals surface area contributed by atoms with Crippen molar-refractivity contribution < 1.29 is 17.6 Å². The first-order chi connectivity index (χ1) is 12.2. The highest BCUT2D eigenvalue weighted by Crippen LogP contribution is 2.27. The minimum absolute atomic E-state index is 0.0828. The molecule has 1 amide bonds. The summed E-state index contributed by atoms with van der Waals surface area (Å²) >= 11 is 1.23. The maximum Gasteiger partial charge on any atom is 0.265 e. The molecule has 134 valence electrons. The van der Waals surface area contributed by atoms with Gasteiger partial charge in [0.05, 0.1) is 15.5 Å². The van der Waals surface area contributed by atoms with Crippen LogP contribution < -0.4 is 5.32 Å². The van der Waals surface area contributed by atoms with Crippen LogP contribution in [0.2, 0.25) is 0 Å². The van der Waals surface area contributed by atoms with Gasteiger partial charge >= 0.3 is 0 Å². The van der Waals surface area contributed by atoms with Crippen LogP contribution in [0.5, 0.6) is 0 Å². The van der Waals surface area contributed by atoms with E-state index in [4.69, 9.17) is 0 Å². The molecule has 26 heavy (non-hydrogen) atoms. The van der Waals surface area contributed by atoms with Gasteiger partial charge in [0.25, 0.3) is 5.91 Å². The second-order valence-electron chi connectivity index (χ2n) is 5.77. The van der Waals surface area contributed by atoms with E-state index in [0.717, 1.165) is 35.2 Å². The van der Waals surface area contributed by atoms with Crippen molar-refractivity contribution in [2.75, 3.05) is 11.6 Å². The van der Waals surface area contributed by atoms with Gasteiger partial charge in [0, 0.05) is 29.1 Å². The van der Waals surface area contributed by atoms with Gasteiger partial charge in [-0.2, -0.15) is 0 Å². The molecular weight excluding hydrogens is 375 g/mol. The number of pyridine rings is 1. The van der Waals surface area contributed by atoms with E-state index >= 15 is 0 Å². The minimum Gasteiger partial charge on any atom is -0.321 e. The van der Waals surface area contributed by atoms with Gasteiger partial charge in [0.1, 0.15) is 5.82 Å². The van der Waals surface area contributed by atoms with E-state index in [1.165, 1.54) is 17.4 Å². The summed E-state index contributed by atoms with van der Waals surface area (Å²) in [5, 5.41) is 4.35. The number of nitrogens with one attached hydrogen (secondary N) is 1. The SMILES string of the molecule is Cc1cccnc1-c1csc(C(=O)Nc2cc(F)cc(S(C)(=O)=O)c2)c1. The Morgan fingerprint density at radius 3 is 2.69 bits per heavy atom. The number of anilines is 1. The highest BCUT2D eigenvalue weighted by atomic mass is 32.2. The Labute approximate surface area is 154 Å². The Bertz CT molecular complexity index is 1090. The van der Waals surface area contributed by atoms with E-state index < -0.39 is 21.6 Å². The molecule has 2 heterocycles. The Balaban J connectivity index is 1.86. The molecule has 5 nitrogen and oxygen atoms in total. The number of aryl methyl sites for hydroxylation is 1. The predicted molar refractivity (Wildman–Crippen MR) is 99.8 cm³/mol. The van der Waals surface area contributed by atoms with Crippen LogP contribution in [-0.2, 0) is 9.84 Å². The molecule has 0 atom stereocenters. The van der Waals surface area contributed by atoms with Crippen molar-refractivity contribution in [2.24, 2.45) is 0 Å². The average Bonchev–Trinajstić information content (AvgIpc) is 3.04. The normalized spacial score (nSPS) is 11.3. The van der Waals surface area contributed by atoms with Gasteiger partial charge in [-0.05, 0) is 42.8 Å². The number of hydrogen-bond acceptors (Lipinski definition) is 5. The molecule has 0 saturated heterocycles. The number of thiophene rings is 1. The van der Waals surface area contributed by atoms with Gasteiger partial charge in [-0.1, -0.05) is 6.07 Å². The maximum atomic E-state index is 13.7. The molecule has 8 heteroatoms. The highest BCUT2D eigenvalue weighted by molar-refractivity contribution is 7.90. The lowest BCUT2D eigenvalue weighted by molar-refractivity contribution is 0.103. The molecule has 3 rings (SSSR count). The first-order valence-electron chi connectivity index (χ1n) is 7.56. The summed E-state index contributed by atoms with van der Waals surface area (Å²) < 4.78 is 36.9. The molecule has 0 aliphatic heterocycles. The van der Waals surface area contributed by atoms with Gasteiger partial charge < -0.3 is 5.32 Å². The molecule has 3 aromatic rings. The van der Waals surface area contributed by atoms with Crippen molar-refractivity contribution in [3.8, 4) is 11.3 Å². The van der Waals surface area contributed by atoms with Crippen LogP contribution in [-0.4, -0.2) is 25.6 Å². The van der Waals surface area contributed by atoms with Crippen molar-refractivity contribution >= 4 is 32.8 Å². The van der Waals surface area contributed by atoms with Crippen molar-refractivity contribution in [3.05, 3.63) is 64.2 Å². The van der Waals surface area contributed by atoms with Crippen LogP contribution in [0.1, 0.15) is 15.2 Å². The van der Waals surface area contributed by atoms with Gasteiger partial charge in [0.15, 0.2) is 9.84 Å². The minimum atomic E-state index is -3.58. The fourth-order valence-corrected chi connectivity index (χ4v) is 3.86. The predicted octanol–water partition coefficient (Wildman–Crippen LogP) is 3.91. The second kappa shape index (κ2) is 6.97. The number of aromatic nitrogens is 1. The van der Waals surface area contributed by atoms with E-state index in [1.54, 1.807) is 12.3 Å². The number of amides is 1. The molecule has 0 saturated carbocycles. The summed E-state index contributed by atoms with van der Waals surface area (Å²) in [5.41, 5.74) is 2.67. The topological polar surface area (TPSA) is 76.1 Å². The fourth-order valence-electron chi connectivity index (χ4n) is 2.41. The number of halogens is 1. The van der Waals surface area contributed by atoms with E-state index in [2.05, 4.69) is 10.3 Å². The Morgan fingerprint density at radius 1 is 1.23 bits per heavy atom. The summed E-state index contributed by atoms with van der Waals surface area (Å²) in [4.78, 5) is 17.0. The summed E-state index contributed by atoms with van der Waals surface area (Å²) in [7, 11) is -3.58. The number of carbonyl (C=O) groups excluding carboxylic acids is 1. The van der Waals surface area contributed by atoms with Crippen molar-refractivity contribution in [2.45, 2.75) is 11.8 Å². The van der Waals surface area contributed by atoms with Gasteiger partial charge in [0.2, 0.25) is 0 Å². The largest absolute Gasteiger partial charge is 0.321 e. The average molecular weight is 390 g/mol. The summed E-state index contributed by atoms with van der Waals surface area (Å²) in [5.74, 6) is -1.18. The van der Waals surface area contributed by atoms with Gasteiger partial charge in [-0.15, -0.1) is 11.3 Å². The van der Waals surface area contributed by atoms with E-state index in [1.807, 2.05) is 24.4 Å². The van der Waals surface area contributed by atoms with Gasteiger partial charge in [-0.3, -0.25) is 9.78 Å². The number of benzene rings is 1. The molecule has 0 spiro atoms. The van der Waals surface area contributed by atoms with Crippen LogP contribution in [0.15, 0.2) is 52.9 Å². The zero-order valence-corrected chi connectivity index (χ0v) is 15.6. The van der Waals surface area contributed by atoms with Gasteiger partial charge in [-0.25, -0.2) is 12.8 Å². The lowest BCUT2D eigenvalue weighted by Crippen LogP contribution is -2.11. The lowest BCUT2D eigenvalue weighted by Gasteiger charge is -2.06. The van der Waals surface area contributed by atoms with Crippen LogP contribution in [0.3, 0.4) is 0 Å². The number of carbonyl (C=O) groups is 1. The lowest BCUT2D eigenvalue weighted by atomic mass is 10.1. The van der Waals surface area contributed by atoms with Crippen molar-refractivity contribution in [1.82, 2.24) is 4.98 Å². The van der Waals surface area contributed by atoms with Crippen molar-refractivity contribution in [3.63, 3.8) is 0 Å². The third-order valence-corrected chi connectivity index (χ3v) is 5.68. The van der Waals surface area contributed by atoms with Crippen LogP contribution in [0, 0.1) is 12.7 Å². The molecule has 0 fully saturated rings. The number of rotatable bonds is 4. The Hall–Kier alpha value is -2.58. The molecule has 2 aromatic heterocycles. The highest BCUT2D eigenvalue weighted by Gasteiger charge is 2.15. The molecule has 0 bridgehead atoms. The summed E-state index contributed by atoms with van der Waals surface area (Å²) in [6.45, 7) is 1.93. The maximum absolute atomic E-state index is 13.7. The zero-order chi connectivity index (χ0) is 18.9. The third kappa shape index (κ3) is 3.97. The molecule has 1 N–H and O–H groups in total. The fraction of sp³-hybridized carbons (Fsp3) is 0.111. The Morgan fingerprint density at radius 2 is 2.00 bits per heavy atom.